The summed E-state index contributed by atoms with van der Waals surface area (Å²) in [5.41, 5.74) is 20.0. The van der Waals surface area contributed by atoms with Crippen LogP contribution in [-0.2, 0) is 5.41 Å². The Morgan fingerprint density at radius 2 is 0.905 bits per heavy atom. The molecule has 0 atom stereocenters. The van der Waals surface area contributed by atoms with Gasteiger partial charge < -0.3 is 9.64 Å². The van der Waals surface area contributed by atoms with Gasteiger partial charge in [-0.3, -0.25) is 0 Å². The fourth-order valence-electron chi connectivity index (χ4n) is 10.1. The first-order valence-corrected chi connectivity index (χ1v) is 21.8. The number of hydrogen-bond donors (Lipinski definition) is 0. The summed E-state index contributed by atoms with van der Waals surface area (Å²) in [5, 5.41) is 2.37. The van der Waals surface area contributed by atoms with E-state index in [1.807, 2.05) is 0 Å². The first-order chi connectivity index (χ1) is 31.0. The molecule has 298 valence electrons. The maximum atomic E-state index is 7.17. The number of fused-ring (bicyclic) bond motifs is 10. The Bertz CT molecular complexity index is 3370. The second kappa shape index (κ2) is 14.6. The highest BCUT2D eigenvalue weighted by molar-refractivity contribution is 6.06. The number of para-hydroxylation sites is 1. The number of anilines is 3. The van der Waals surface area contributed by atoms with Crippen LogP contribution in [-0.4, -0.2) is 0 Å². The van der Waals surface area contributed by atoms with Crippen molar-refractivity contribution < 1.29 is 4.74 Å². The van der Waals surface area contributed by atoms with Gasteiger partial charge in [-0.05, 0) is 121 Å². The molecule has 0 radical (unpaired) electrons. The molecule has 63 heavy (non-hydrogen) atoms. The van der Waals surface area contributed by atoms with Gasteiger partial charge in [-0.1, -0.05) is 190 Å². The maximum absolute atomic E-state index is 7.17. The fraction of sp³-hybridized carbons (Fsp3) is 0.0492. The number of nitrogens with zero attached hydrogens (tertiary/aromatic N) is 1. The number of hydrogen-bond acceptors (Lipinski definition) is 2. The number of benzene rings is 10. The standard InChI is InChI=1S/C61H43NO/c1-61(2)56-23-12-11-20-52(56)53-36-34-48(39-57(53)61)62(46-30-24-42(25-31-46)40-14-5-3-6-15-40)47-32-26-44(27-33-47)50-21-13-22-54-51-35-28-45(41-16-7-4-8-17-41)38-55(51)59-49-19-10-9-18-43(49)29-37-58(59)63-60(50)54/h3-39H,1-2H3. The summed E-state index contributed by atoms with van der Waals surface area (Å²) < 4.78 is 7.17. The van der Waals surface area contributed by atoms with Crippen LogP contribution in [0.2, 0.25) is 0 Å². The van der Waals surface area contributed by atoms with Crippen molar-refractivity contribution in [2.24, 2.45) is 0 Å². The van der Waals surface area contributed by atoms with Gasteiger partial charge in [0.1, 0.15) is 11.5 Å². The first-order valence-electron chi connectivity index (χ1n) is 21.8. The van der Waals surface area contributed by atoms with E-state index in [1.54, 1.807) is 0 Å². The van der Waals surface area contributed by atoms with Gasteiger partial charge in [0, 0.05) is 39.2 Å². The molecule has 2 heteroatoms. The van der Waals surface area contributed by atoms with Crippen LogP contribution in [0.25, 0.3) is 77.5 Å². The summed E-state index contributed by atoms with van der Waals surface area (Å²) in [4.78, 5) is 2.39. The van der Waals surface area contributed by atoms with Crippen LogP contribution >= 0.6 is 0 Å². The minimum Gasteiger partial charge on any atom is -0.455 e. The van der Waals surface area contributed by atoms with Gasteiger partial charge in [-0.2, -0.15) is 0 Å². The molecule has 1 heterocycles. The Hall–Kier alpha value is -7.94. The Labute approximate surface area is 369 Å². The molecule has 0 amide bonds. The molecular weight excluding hydrogens is 763 g/mol. The van der Waals surface area contributed by atoms with Gasteiger partial charge in [0.05, 0.1) is 0 Å². The molecule has 10 aromatic rings. The van der Waals surface area contributed by atoms with Crippen LogP contribution in [0.3, 0.4) is 0 Å². The molecule has 2 aliphatic rings. The van der Waals surface area contributed by atoms with Crippen molar-refractivity contribution in [1.29, 1.82) is 0 Å². The predicted molar refractivity (Wildman–Crippen MR) is 263 cm³/mol. The largest absolute Gasteiger partial charge is 0.455 e. The zero-order valence-electron chi connectivity index (χ0n) is 35.2. The predicted octanol–water partition coefficient (Wildman–Crippen LogP) is 17.1. The van der Waals surface area contributed by atoms with E-state index in [4.69, 9.17) is 4.74 Å². The Morgan fingerprint density at radius 3 is 1.67 bits per heavy atom. The second-order valence-corrected chi connectivity index (χ2v) is 17.3. The van der Waals surface area contributed by atoms with Gasteiger partial charge in [0.25, 0.3) is 0 Å². The Balaban J connectivity index is 0.984. The first kappa shape index (κ1) is 36.9. The lowest BCUT2D eigenvalue weighted by atomic mass is 9.82. The SMILES string of the molecule is CC1(C)c2ccccc2-c2ccc(N(c3ccc(-c4ccccc4)cc3)c3ccc(-c4cccc5c4Oc4ccc6ccccc6c4-c4cc(-c6ccccc6)ccc4-5)cc3)cc21. The number of ether oxygens (including phenoxy) is 1. The summed E-state index contributed by atoms with van der Waals surface area (Å²) in [6.45, 7) is 4.70. The monoisotopic (exact) mass is 805 g/mol. The quantitative estimate of drug-likeness (QED) is 0.166. The van der Waals surface area contributed by atoms with Gasteiger partial charge in [0.15, 0.2) is 0 Å². The molecule has 10 aromatic carbocycles. The summed E-state index contributed by atoms with van der Waals surface area (Å²) in [6.07, 6.45) is 0. The van der Waals surface area contributed by atoms with Crippen LogP contribution in [0.5, 0.6) is 11.5 Å². The van der Waals surface area contributed by atoms with Crippen molar-refractivity contribution in [1.82, 2.24) is 0 Å². The van der Waals surface area contributed by atoms with E-state index in [9.17, 15) is 0 Å². The zero-order valence-corrected chi connectivity index (χ0v) is 35.2. The third-order valence-corrected chi connectivity index (χ3v) is 13.3. The topological polar surface area (TPSA) is 12.5 Å². The highest BCUT2D eigenvalue weighted by Crippen LogP contribution is 2.54. The highest BCUT2D eigenvalue weighted by atomic mass is 16.5. The van der Waals surface area contributed by atoms with E-state index in [0.29, 0.717) is 0 Å². The molecule has 0 fully saturated rings. The second-order valence-electron chi connectivity index (χ2n) is 17.3. The average molecular weight is 806 g/mol. The summed E-state index contributed by atoms with van der Waals surface area (Å²) in [5.74, 6) is 1.72. The van der Waals surface area contributed by atoms with Crippen LogP contribution in [0.4, 0.5) is 17.1 Å². The summed E-state index contributed by atoms with van der Waals surface area (Å²) in [6, 6.07) is 81.4. The lowest BCUT2D eigenvalue weighted by molar-refractivity contribution is 0.490. The molecule has 0 spiro atoms. The van der Waals surface area contributed by atoms with Crippen LogP contribution in [0, 0.1) is 0 Å². The number of rotatable bonds is 6. The van der Waals surface area contributed by atoms with Crippen molar-refractivity contribution in [3.8, 4) is 78.3 Å². The molecule has 0 saturated carbocycles. The summed E-state index contributed by atoms with van der Waals surface area (Å²) in [7, 11) is 0. The van der Waals surface area contributed by atoms with E-state index in [-0.39, 0.29) is 5.41 Å². The maximum Gasteiger partial charge on any atom is 0.143 e. The molecular formula is C61H43NO. The zero-order chi connectivity index (χ0) is 42.1. The molecule has 12 rings (SSSR count). The van der Waals surface area contributed by atoms with Crippen molar-refractivity contribution >= 4 is 27.8 Å². The molecule has 0 unspecified atom stereocenters. The van der Waals surface area contributed by atoms with Crippen LogP contribution < -0.4 is 9.64 Å². The third kappa shape index (κ3) is 6.09. The highest BCUT2D eigenvalue weighted by Gasteiger charge is 2.36. The molecule has 0 N–H and O–H groups in total. The van der Waals surface area contributed by atoms with Gasteiger partial charge >= 0.3 is 0 Å². The molecule has 0 aromatic heterocycles. The van der Waals surface area contributed by atoms with Crippen molar-refractivity contribution in [2.45, 2.75) is 19.3 Å². The van der Waals surface area contributed by atoms with Crippen molar-refractivity contribution in [3.63, 3.8) is 0 Å². The smallest absolute Gasteiger partial charge is 0.143 e. The lowest BCUT2D eigenvalue weighted by Gasteiger charge is -2.28. The van der Waals surface area contributed by atoms with E-state index in [0.717, 1.165) is 56.4 Å². The van der Waals surface area contributed by atoms with Gasteiger partial charge in [-0.15, -0.1) is 0 Å². The van der Waals surface area contributed by atoms with E-state index in [2.05, 4.69) is 243 Å². The third-order valence-electron chi connectivity index (χ3n) is 13.3. The van der Waals surface area contributed by atoms with Crippen LogP contribution in [0.1, 0.15) is 25.0 Å². The normalized spacial score (nSPS) is 12.9. The van der Waals surface area contributed by atoms with E-state index < -0.39 is 0 Å². The summed E-state index contributed by atoms with van der Waals surface area (Å²) >= 11 is 0. The Kier molecular flexibility index (Phi) is 8.55. The minimum atomic E-state index is -0.119. The van der Waals surface area contributed by atoms with Gasteiger partial charge in [0.2, 0.25) is 0 Å². The molecule has 1 aliphatic carbocycles. The van der Waals surface area contributed by atoms with E-state index >= 15 is 0 Å². The lowest BCUT2D eigenvalue weighted by Crippen LogP contribution is -2.16. The Morgan fingerprint density at radius 1 is 0.349 bits per heavy atom. The van der Waals surface area contributed by atoms with E-state index in [1.165, 1.54) is 60.8 Å². The fourth-order valence-corrected chi connectivity index (χ4v) is 10.1. The molecule has 0 bridgehead atoms. The van der Waals surface area contributed by atoms with Crippen molar-refractivity contribution in [2.75, 3.05) is 4.90 Å². The van der Waals surface area contributed by atoms with Crippen LogP contribution in [0.15, 0.2) is 224 Å². The van der Waals surface area contributed by atoms with Gasteiger partial charge in [-0.25, -0.2) is 0 Å². The molecule has 1 aliphatic heterocycles. The van der Waals surface area contributed by atoms with Crippen molar-refractivity contribution in [3.05, 3.63) is 236 Å². The average Bonchev–Trinajstić information content (AvgIpc) is 3.47. The molecule has 2 nitrogen and oxygen atoms in total. The molecule has 0 saturated heterocycles. The minimum absolute atomic E-state index is 0.119.